The van der Waals surface area contributed by atoms with Gasteiger partial charge in [-0.25, -0.2) is 9.67 Å². The summed E-state index contributed by atoms with van der Waals surface area (Å²) in [7, 11) is 0. The fourth-order valence-corrected chi connectivity index (χ4v) is 3.00. The average molecular weight is 312 g/mol. The predicted molar refractivity (Wildman–Crippen MR) is 87.3 cm³/mol. The molecule has 6 heteroatoms. The molecule has 0 atom stereocenters. The van der Waals surface area contributed by atoms with E-state index in [1.807, 2.05) is 44.2 Å². The average Bonchev–Trinajstić information content (AvgIpc) is 3.12. The van der Waals surface area contributed by atoms with E-state index in [2.05, 4.69) is 15.4 Å². The van der Waals surface area contributed by atoms with Crippen molar-refractivity contribution in [2.75, 3.05) is 5.32 Å². The van der Waals surface area contributed by atoms with Gasteiger partial charge in [-0.1, -0.05) is 12.1 Å². The summed E-state index contributed by atoms with van der Waals surface area (Å²) in [5.74, 6) is -0.0646. The Balaban J connectivity index is 1.66. The largest absolute Gasteiger partial charge is 0.321 e. The maximum Gasteiger partial charge on any atom is 0.265 e. The van der Waals surface area contributed by atoms with Gasteiger partial charge in [0.25, 0.3) is 5.91 Å². The molecule has 0 aliphatic rings. The van der Waals surface area contributed by atoms with Crippen LogP contribution >= 0.6 is 11.3 Å². The molecule has 0 unspecified atom stereocenters. The van der Waals surface area contributed by atoms with Crippen molar-refractivity contribution in [3.63, 3.8) is 0 Å². The fourth-order valence-electron chi connectivity index (χ4n) is 2.07. The number of aryl methyl sites for hydroxylation is 2. The number of benzene rings is 1. The Labute approximate surface area is 132 Å². The van der Waals surface area contributed by atoms with E-state index in [1.54, 1.807) is 11.0 Å². The molecule has 3 aromatic rings. The van der Waals surface area contributed by atoms with E-state index >= 15 is 0 Å². The minimum absolute atomic E-state index is 0.0646. The number of hydrogen-bond donors (Lipinski definition) is 1. The van der Waals surface area contributed by atoms with Gasteiger partial charge in [-0.2, -0.15) is 5.10 Å². The second kappa shape index (κ2) is 6.11. The summed E-state index contributed by atoms with van der Waals surface area (Å²) in [4.78, 5) is 18.0. The van der Waals surface area contributed by atoms with Gasteiger partial charge in [-0.3, -0.25) is 4.79 Å². The van der Waals surface area contributed by atoms with E-state index in [0.29, 0.717) is 6.54 Å². The highest BCUT2D eigenvalue weighted by atomic mass is 32.1. The molecular formula is C16H16N4OS. The lowest BCUT2D eigenvalue weighted by atomic mass is 10.2. The van der Waals surface area contributed by atoms with Crippen molar-refractivity contribution < 1.29 is 4.79 Å². The van der Waals surface area contributed by atoms with E-state index in [4.69, 9.17) is 0 Å². The minimum atomic E-state index is -0.0646. The van der Waals surface area contributed by atoms with Crippen LogP contribution in [0.3, 0.4) is 0 Å². The summed E-state index contributed by atoms with van der Waals surface area (Å²) in [6.45, 7) is 4.70. The summed E-state index contributed by atoms with van der Waals surface area (Å²) < 4.78 is 1.75. The molecule has 0 saturated heterocycles. The van der Waals surface area contributed by atoms with E-state index in [1.165, 1.54) is 22.5 Å². The Bertz CT molecular complexity index is 756. The SMILES string of the molecule is Cc1cc(C(=O)Nc2ccc(Cn3cncn3)cc2)sc1C. The fraction of sp³-hybridized carbons (Fsp3) is 0.188. The molecule has 3 rings (SSSR count). The number of anilines is 1. The molecule has 112 valence electrons. The molecule has 1 N–H and O–H groups in total. The second-order valence-electron chi connectivity index (χ2n) is 5.09. The Hall–Kier alpha value is -2.47. The first-order valence-corrected chi connectivity index (χ1v) is 7.73. The van der Waals surface area contributed by atoms with Crippen LogP contribution in [0.5, 0.6) is 0 Å². The van der Waals surface area contributed by atoms with E-state index in [9.17, 15) is 4.79 Å². The van der Waals surface area contributed by atoms with Crippen LogP contribution in [0.2, 0.25) is 0 Å². The summed E-state index contributed by atoms with van der Waals surface area (Å²) in [5, 5.41) is 6.99. The highest BCUT2D eigenvalue weighted by molar-refractivity contribution is 7.14. The molecule has 0 aliphatic carbocycles. The molecule has 0 spiro atoms. The third-order valence-corrected chi connectivity index (χ3v) is 4.56. The third-order valence-electron chi connectivity index (χ3n) is 3.41. The van der Waals surface area contributed by atoms with Crippen molar-refractivity contribution in [2.24, 2.45) is 0 Å². The van der Waals surface area contributed by atoms with Crippen LogP contribution in [0.1, 0.15) is 25.7 Å². The second-order valence-corrected chi connectivity index (χ2v) is 6.35. The molecule has 0 fully saturated rings. The van der Waals surface area contributed by atoms with Gasteiger partial charge in [0.2, 0.25) is 0 Å². The molecule has 0 bridgehead atoms. The molecule has 5 nitrogen and oxygen atoms in total. The number of carbonyl (C=O) groups excluding carboxylic acids is 1. The van der Waals surface area contributed by atoms with Crippen molar-refractivity contribution in [2.45, 2.75) is 20.4 Å². The number of rotatable bonds is 4. The number of hydrogen-bond acceptors (Lipinski definition) is 4. The summed E-state index contributed by atoms with van der Waals surface area (Å²) in [5.41, 5.74) is 3.04. The van der Waals surface area contributed by atoms with Gasteiger partial charge in [-0.15, -0.1) is 11.3 Å². The topological polar surface area (TPSA) is 59.8 Å². The van der Waals surface area contributed by atoms with E-state index in [0.717, 1.165) is 21.7 Å². The number of nitrogens with one attached hydrogen (secondary N) is 1. The summed E-state index contributed by atoms with van der Waals surface area (Å²) >= 11 is 1.52. The van der Waals surface area contributed by atoms with Gasteiger partial charge in [0, 0.05) is 10.6 Å². The molecule has 0 aliphatic heterocycles. The van der Waals surface area contributed by atoms with Crippen molar-refractivity contribution in [3.05, 3.63) is 63.9 Å². The van der Waals surface area contributed by atoms with E-state index in [-0.39, 0.29) is 5.91 Å². The van der Waals surface area contributed by atoms with Gasteiger partial charge in [0.1, 0.15) is 12.7 Å². The zero-order valence-electron chi connectivity index (χ0n) is 12.4. The molecule has 1 aromatic carbocycles. The molecule has 0 saturated carbocycles. The number of thiophene rings is 1. The van der Waals surface area contributed by atoms with Crippen LogP contribution < -0.4 is 5.32 Å². The Morgan fingerprint density at radius 2 is 2.05 bits per heavy atom. The van der Waals surface area contributed by atoms with Crippen molar-refractivity contribution in [1.82, 2.24) is 14.8 Å². The maximum absolute atomic E-state index is 12.2. The number of aromatic nitrogens is 3. The van der Waals surface area contributed by atoms with Gasteiger partial charge in [-0.05, 0) is 43.2 Å². The Morgan fingerprint density at radius 1 is 1.27 bits per heavy atom. The molecule has 2 heterocycles. The highest BCUT2D eigenvalue weighted by Gasteiger charge is 2.10. The van der Waals surface area contributed by atoms with Crippen LogP contribution in [-0.4, -0.2) is 20.7 Å². The lowest BCUT2D eigenvalue weighted by Gasteiger charge is -2.05. The zero-order chi connectivity index (χ0) is 15.5. The van der Waals surface area contributed by atoms with Crippen LogP contribution in [0.4, 0.5) is 5.69 Å². The highest BCUT2D eigenvalue weighted by Crippen LogP contribution is 2.22. The van der Waals surface area contributed by atoms with Crippen LogP contribution in [0.25, 0.3) is 0 Å². The molecule has 2 aromatic heterocycles. The van der Waals surface area contributed by atoms with Gasteiger partial charge < -0.3 is 5.32 Å². The molecular weight excluding hydrogens is 296 g/mol. The summed E-state index contributed by atoms with van der Waals surface area (Å²) in [6.07, 6.45) is 3.19. The zero-order valence-corrected chi connectivity index (χ0v) is 13.2. The van der Waals surface area contributed by atoms with Crippen molar-refractivity contribution in [1.29, 1.82) is 0 Å². The lowest BCUT2D eigenvalue weighted by Crippen LogP contribution is -2.10. The number of nitrogens with zero attached hydrogens (tertiary/aromatic N) is 3. The van der Waals surface area contributed by atoms with Gasteiger partial charge >= 0.3 is 0 Å². The van der Waals surface area contributed by atoms with E-state index < -0.39 is 0 Å². The predicted octanol–water partition coefficient (Wildman–Crippen LogP) is 3.26. The van der Waals surface area contributed by atoms with Crippen molar-refractivity contribution >= 4 is 22.9 Å². The van der Waals surface area contributed by atoms with Crippen LogP contribution in [0, 0.1) is 13.8 Å². The monoisotopic (exact) mass is 312 g/mol. The lowest BCUT2D eigenvalue weighted by molar-refractivity contribution is 0.103. The molecule has 0 radical (unpaired) electrons. The smallest absolute Gasteiger partial charge is 0.265 e. The molecule has 22 heavy (non-hydrogen) atoms. The van der Waals surface area contributed by atoms with Gasteiger partial charge in [0.15, 0.2) is 0 Å². The first-order valence-electron chi connectivity index (χ1n) is 6.91. The number of carbonyl (C=O) groups is 1. The minimum Gasteiger partial charge on any atom is -0.321 e. The third kappa shape index (κ3) is 3.23. The van der Waals surface area contributed by atoms with Crippen molar-refractivity contribution in [3.8, 4) is 0 Å². The first-order chi connectivity index (χ1) is 10.6. The first kappa shape index (κ1) is 14.5. The number of amides is 1. The van der Waals surface area contributed by atoms with Crippen LogP contribution in [0.15, 0.2) is 43.0 Å². The Morgan fingerprint density at radius 3 is 2.64 bits per heavy atom. The Kier molecular flexibility index (Phi) is 4.02. The summed E-state index contributed by atoms with van der Waals surface area (Å²) in [6, 6.07) is 9.67. The quantitative estimate of drug-likeness (QED) is 0.804. The maximum atomic E-state index is 12.2. The standard InChI is InChI=1S/C16H16N4OS/c1-11-7-15(22-12(11)2)16(21)19-14-5-3-13(4-6-14)8-20-10-17-9-18-20/h3-7,9-10H,8H2,1-2H3,(H,19,21). The van der Waals surface area contributed by atoms with Gasteiger partial charge in [0.05, 0.1) is 11.4 Å². The normalized spacial score (nSPS) is 10.6. The molecule has 1 amide bonds. The van der Waals surface area contributed by atoms with Crippen LogP contribution in [-0.2, 0) is 6.54 Å².